The summed E-state index contributed by atoms with van der Waals surface area (Å²) in [4.78, 5) is 24.1. The Morgan fingerprint density at radius 3 is 2.44 bits per heavy atom. The van der Waals surface area contributed by atoms with E-state index in [4.69, 9.17) is 0 Å². The molecule has 1 heterocycles. The van der Waals surface area contributed by atoms with Gasteiger partial charge in [0.2, 0.25) is 5.91 Å². The minimum Gasteiger partial charge on any atom is -0.317 e. The quantitative estimate of drug-likeness (QED) is 0.832. The van der Waals surface area contributed by atoms with Gasteiger partial charge < -0.3 is 5.32 Å². The number of benzene rings is 1. The van der Waals surface area contributed by atoms with Gasteiger partial charge in [0.15, 0.2) is 0 Å². The molecule has 0 atom stereocenters. The van der Waals surface area contributed by atoms with Crippen molar-refractivity contribution in [1.82, 2.24) is 4.72 Å². The first kappa shape index (κ1) is 17.6. The van der Waals surface area contributed by atoms with Gasteiger partial charge in [0, 0.05) is 5.92 Å². The van der Waals surface area contributed by atoms with E-state index in [1.54, 1.807) is 13.0 Å². The van der Waals surface area contributed by atoms with Gasteiger partial charge in [-0.15, -0.1) is 11.3 Å². The number of nitrogens with one attached hydrogen (secondary N) is 2. The van der Waals surface area contributed by atoms with Crippen molar-refractivity contribution in [2.75, 3.05) is 5.32 Å². The smallest absolute Gasteiger partial charge is 0.275 e. The highest BCUT2D eigenvalue weighted by atomic mass is 32.2. The van der Waals surface area contributed by atoms with Crippen LogP contribution in [0.5, 0.6) is 0 Å². The Hall–Kier alpha value is -2.26. The van der Waals surface area contributed by atoms with E-state index in [-0.39, 0.29) is 21.6 Å². The van der Waals surface area contributed by atoms with Crippen LogP contribution in [0.25, 0.3) is 0 Å². The van der Waals surface area contributed by atoms with Crippen molar-refractivity contribution in [3.63, 3.8) is 0 Å². The van der Waals surface area contributed by atoms with Crippen molar-refractivity contribution >= 4 is 38.2 Å². The lowest BCUT2D eigenvalue weighted by atomic mass is 10.3. The summed E-state index contributed by atoms with van der Waals surface area (Å²) in [5.74, 6) is -1.43. The number of carbonyl (C=O) groups excluding carboxylic acids is 2. The third-order valence-corrected chi connectivity index (χ3v) is 6.17. The average molecular weight is 382 g/mol. The summed E-state index contributed by atoms with van der Waals surface area (Å²) in [6, 6.07) is 5.79. The second-order valence-corrected chi connectivity index (χ2v) is 8.51. The maximum atomic E-state index is 12.9. The largest absolute Gasteiger partial charge is 0.317 e. The first-order chi connectivity index (χ1) is 11.8. The number of halogens is 1. The molecule has 0 unspecified atom stereocenters. The van der Waals surface area contributed by atoms with Gasteiger partial charge in [0.05, 0.1) is 14.8 Å². The van der Waals surface area contributed by atoms with Crippen molar-refractivity contribution in [3.8, 4) is 0 Å². The highest BCUT2D eigenvalue weighted by Gasteiger charge is 2.30. The van der Waals surface area contributed by atoms with Gasteiger partial charge in [0.25, 0.3) is 15.9 Å². The normalized spacial score (nSPS) is 14.2. The SMILES string of the molecule is Cc1cc(NC(=O)C2CC2)sc1C(=O)NS(=O)(=O)c1ccc(F)cc1. The molecule has 0 spiro atoms. The summed E-state index contributed by atoms with van der Waals surface area (Å²) in [5, 5.41) is 3.23. The number of sulfonamides is 1. The molecule has 1 saturated carbocycles. The number of hydrogen-bond donors (Lipinski definition) is 2. The number of hydrogen-bond acceptors (Lipinski definition) is 5. The highest BCUT2D eigenvalue weighted by molar-refractivity contribution is 7.90. The van der Waals surface area contributed by atoms with Crippen LogP contribution in [-0.2, 0) is 14.8 Å². The zero-order valence-electron chi connectivity index (χ0n) is 13.2. The first-order valence-electron chi connectivity index (χ1n) is 7.50. The van der Waals surface area contributed by atoms with Crippen molar-refractivity contribution in [1.29, 1.82) is 0 Å². The number of anilines is 1. The van der Waals surface area contributed by atoms with Gasteiger partial charge in [-0.05, 0) is 55.7 Å². The maximum Gasteiger partial charge on any atom is 0.275 e. The number of rotatable bonds is 5. The Balaban J connectivity index is 1.75. The molecule has 1 aromatic heterocycles. The molecule has 9 heteroatoms. The summed E-state index contributed by atoms with van der Waals surface area (Å²) in [6.45, 7) is 1.66. The monoisotopic (exact) mass is 382 g/mol. The molecule has 1 fully saturated rings. The topological polar surface area (TPSA) is 92.3 Å². The number of thiophene rings is 1. The molecular formula is C16H15FN2O4S2. The second-order valence-electron chi connectivity index (χ2n) is 5.77. The molecule has 0 radical (unpaired) electrons. The fourth-order valence-corrected chi connectivity index (χ4v) is 4.17. The van der Waals surface area contributed by atoms with E-state index in [0.717, 1.165) is 48.4 Å². The van der Waals surface area contributed by atoms with Crippen LogP contribution in [0.2, 0.25) is 0 Å². The highest BCUT2D eigenvalue weighted by Crippen LogP contribution is 2.32. The summed E-state index contributed by atoms with van der Waals surface area (Å²) in [6.07, 6.45) is 1.72. The fourth-order valence-electron chi connectivity index (χ4n) is 2.18. The molecule has 3 rings (SSSR count). The van der Waals surface area contributed by atoms with Gasteiger partial charge in [-0.3, -0.25) is 9.59 Å². The summed E-state index contributed by atoms with van der Waals surface area (Å²) >= 11 is 1.01. The zero-order chi connectivity index (χ0) is 18.2. The molecule has 0 saturated heterocycles. The Bertz CT molecular complexity index is 932. The van der Waals surface area contributed by atoms with Crippen molar-refractivity contribution < 1.29 is 22.4 Å². The maximum absolute atomic E-state index is 12.9. The molecule has 2 aromatic rings. The standard InChI is InChI=1S/C16H15FN2O4S2/c1-9-8-13(18-15(20)10-2-3-10)24-14(9)16(21)19-25(22,23)12-6-4-11(17)5-7-12/h4-8,10H,2-3H2,1H3,(H,18,20)(H,19,21). The third kappa shape index (κ3) is 4.05. The van der Waals surface area contributed by atoms with Gasteiger partial charge >= 0.3 is 0 Å². The predicted octanol–water partition coefficient (Wildman–Crippen LogP) is 2.66. The summed E-state index contributed by atoms with van der Waals surface area (Å²) in [7, 11) is -4.11. The molecule has 0 aliphatic heterocycles. The van der Waals surface area contributed by atoms with Crippen molar-refractivity contribution in [2.24, 2.45) is 5.92 Å². The lowest BCUT2D eigenvalue weighted by Crippen LogP contribution is -2.30. The Morgan fingerprint density at radius 1 is 1.20 bits per heavy atom. The first-order valence-corrected chi connectivity index (χ1v) is 9.80. The van der Waals surface area contributed by atoms with Gasteiger partial charge in [-0.2, -0.15) is 0 Å². The average Bonchev–Trinajstić information content (AvgIpc) is 3.31. The lowest BCUT2D eigenvalue weighted by molar-refractivity contribution is -0.117. The molecule has 25 heavy (non-hydrogen) atoms. The van der Waals surface area contributed by atoms with E-state index in [1.807, 2.05) is 4.72 Å². The van der Waals surface area contributed by atoms with E-state index in [0.29, 0.717) is 10.6 Å². The van der Waals surface area contributed by atoms with Crippen molar-refractivity contribution in [2.45, 2.75) is 24.7 Å². The number of carbonyl (C=O) groups is 2. The fraction of sp³-hybridized carbons (Fsp3) is 0.250. The van der Waals surface area contributed by atoms with Crippen molar-refractivity contribution in [3.05, 3.63) is 46.6 Å². The van der Waals surface area contributed by atoms with E-state index >= 15 is 0 Å². The van der Waals surface area contributed by atoms with Crippen LogP contribution in [0.3, 0.4) is 0 Å². The lowest BCUT2D eigenvalue weighted by Gasteiger charge is -2.06. The molecule has 0 bridgehead atoms. The molecule has 1 aromatic carbocycles. The van der Waals surface area contributed by atoms with E-state index in [1.165, 1.54) is 0 Å². The van der Waals surface area contributed by atoms with Crippen LogP contribution in [0.15, 0.2) is 35.2 Å². The molecule has 1 aliphatic carbocycles. The Labute approximate surface area is 148 Å². The molecule has 2 amide bonds. The molecule has 2 N–H and O–H groups in total. The minimum atomic E-state index is -4.11. The van der Waals surface area contributed by atoms with Crippen LogP contribution in [0, 0.1) is 18.7 Å². The number of amides is 2. The summed E-state index contributed by atoms with van der Waals surface area (Å²) in [5.41, 5.74) is 0.558. The van der Waals surface area contributed by atoms with E-state index in [2.05, 4.69) is 5.32 Å². The molecular weight excluding hydrogens is 367 g/mol. The van der Waals surface area contributed by atoms with E-state index < -0.39 is 21.7 Å². The van der Waals surface area contributed by atoms with E-state index in [9.17, 15) is 22.4 Å². The summed E-state index contributed by atoms with van der Waals surface area (Å²) < 4.78 is 39.3. The predicted molar refractivity (Wildman–Crippen MR) is 91.5 cm³/mol. The molecule has 132 valence electrons. The van der Waals surface area contributed by atoms with Gasteiger partial charge in [0.1, 0.15) is 5.82 Å². The molecule has 6 nitrogen and oxygen atoms in total. The minimum absolute atomic E-state index is 0.0264. The van der Waals surface area contributed by atoms with Crippen LogP contribution >= 0.6 is 11.3 Å². The van der Waals surface area contributed by atoms with Gasteiger partial charge in [-0.25, -0.2) is 17.5 Å². The Morgan fingerprint density at radius 2 is 1.84 bits per heavy atom. The third-order valence-electron chi connectivity index (χ3n) is 3.67. The Kier molecular flexibility index (Phi) is 4.61. The van der Waals surface area contributed by atoms with Crippen LogP contribution < -0.4 is 10.0 Å². The zero-order valence-corrected chi connectivity index (χ0v) is 14.8. The van der Waals surface area contributed by atoms with Crippen LogP contribution in [0.1, 0.15) is 28.1 Å². The molecule has 1 aliphatic rings. The van der Waals surface area contributed by atoms with Gasteiger partial charge in [-0.1, -0.05) is 0 Å². The second kappa shape index (κ2) is 6.57. The number of aryl methyl sites for hydroxylation is 1. The van der Waals surface area contributed by atoms with Crippen LogP contribution in [-0.4, -0.2) is 20.2 Å². The van der Waals surface area contributed by atoms with Crippen LogP contribution in [0.4, 0.5) is 9.39 Å².